The predicted octanol–water partition coefficient (Wildman–Crippen LogP) is 2.44. The third-order valence-electron chi connectivity index (χ3n) is 4.59. The van der Waals surface area contributed by atoms with Crippen molar-refractivity contribution >= 4 is 0 Å². The molecule has 0 saturated heterocycles. The molecule has 1 atom stereocenters. The molecule has 3 rings (SSSR count). The van der Waals surface area contributed by atoms with E-state index in [0.29, 0.717) is 6.04 Å². The van der Waals surface area contributed by atoms with Crippen molar-refractivity contribution in [1.82, 2.24) is 0 Å². The summed E-state index contributed by atoms with van der Waals surface area (Å²) in [5.41, 5.74) is 4.99. The van der Waals surface area contributed by atoms with Gasteiger partial charge in [-0.05, 0) is 49.0 Å². The van der Waals surface area contributed by atoms with Crippen LogP contribution in [-0.2, 0) is 6.42 Å². The van der Waals surface area contributed by atoms with Crippen LogP contribution in [0.5, 0.6) is 5.75 Å². The maximum absolute atomic E-state index is 5.23. The van der Waals surface area contributed by atoms with E-state index in [-0.39, 0.29) is 0 Å². The fourth-order valence-corrected chi connectivity index (χ4v) is 3.55. The molecule has 1 aliphatic carbocycles. The largest absolute Gasteiger partial charge is 0.497 e. The zero-order valence-corrected chi connectivity index (χ0v) is 11.8. The van der Waals surface area contributed by atoms with Gasteiger partial charge in [-0.25, -0.2) is 0 Å². The van der Waals surface area contributed by atoms with Crippen molar-refractivity contribution in [3.05, 3.63) is 41.0 Å². The van der Waals surface area contributed by atoms with Gasteiger partial charge in [0.1, 0.15) is 11.8 Å². The summed E-state index contributed by atoms with van der Waals surface area (Å²) < 4.78 is 5.23. The van der Waals surface area contributed by atoms with Crippen molar-refractivity contribution in [2.75, 3.05) is 13.7 Å². The molecule has 1 aliphatic heterocycles. The van der Waals surface area contributed by atoms with Gasteiger partial charge in [0.25, 0.3) is 0 Å². The fraction of sp³-hybridized carbons (Fsp3) is 0.529. The molecule has 0 unspecified atom stereocenters. The van der Waals surface area contributed by atoms with Gasteiger partial charge in [0, 0.05) is 12.8 Å². The minimum Gasteiger partial charge on any atom is -0.497 e. The zero-order valence-electron chi connectivity index (χ0n) is 11.8. The van der Waals surface area contributed by atoms with E-state index in [2.05, 4.69) is 29.6 Å². The van der Waals surface area contributed by atoms with Gasteiger partial charge in [-0.15, -0.1) is 0 Å². The molecular weight excluding hydrogens is 234 g/mol. The van der Waals surface area contributed by atoms with Gasteiger partial charge in [0.05, 0.1) is 13.7 Å². The summed E-state index contributed by atoms with van der Waals surface area (Å²) in [6, 6.07) is 9.27. The second-order valence-electron chi connectivity index (χ2n) is 5.77. The van der Waals surface area contributed by atoms with Crippen LogP contribution < -0.4 is 10.1 Å². The maximum atomic E-state index is 5.23. The maximum Gasteiger partial charge on any atom is 0.118 e. The SMILES string of the molecule is COc1ccc(C[C@@H]2[NH2+]CCC3=C2CCCC3)cc1. The highest BCUT2D eigenvalue weighted by molar-refractivity contribution is 5.30. The quantitative estimate of drug-likeness (QED) is 0.828. The van der Waals surface area contributed by atoms with E-state index in [9.17, 15) is 0 Å². The minimum atomic E-state index is 0.692. The molecule has 1 aromatic carbocycles. The van der Waals surface area contributed by atoms with Crippen LogP contribution in [0, 0.1) is 0 Å². The van der Waals surface area contributed by atoms with Gasteiger partial charge in [0.2, 0.25) is 0 Å². The van der Waals surface area contributed by atoms with Gasteiger partial charge < -0.3 is 10.1 Å². The van der Waals surface area contributed by atoms with E-state index in [1.54, 1.807) is 18.3 Å². The molecule has 0 saturated carbocycles. The number of nitrogens with two attached hydrogens (primary N) is 1. The van der Waals surface area contributed by atoms with Gasteiger partial charge in [-0.2, -0.15) is 0 Å². The first-order valence-electron chi connectivity index (χ1n) is 7.54. The third kappa shape index (κ3) is 2.84. The minimum absolute atomic E-state index is 0.692. The van der Waals surface area contributed by atoms with E-state index >= 15 is 0 Å². The Balaban J connectivity index is 1.74. The molecule has 2 nitrogen and oxygen atoms in total. The van der Waals surface area contributed by atoms with Crippen molar-refractivity contribution in [2.24, 2.45) is 0 Å². The Kier molecular flexibility index (Phi) is 3.88. The summed E-state index contributed by atoms with van der Waals surface area (Å²) in [5.74, 6) is 0.953. The van der Waals surface area contributed by atoms with Crippen LogP contribution in [0.3, 0.4) is 0 Å². The molecule has 0 spiro atoms. The Labute approximate surface area is 115 Å². The normalized spacial score (nSPS) is 23.1. The number of hydrogen-bond donors (Lipinski definition) is 1. The molecule has 1 heterocycles. The second kappa shape index (κ2) is 5.79. The smallest absolute Gasteiger partial charge is 0.118 e. The topological polar surface area (TPSA) is 25.8 Å². The predicted molar refractivity (Wildman–Crippen MR) is 77.4 cm³/mol. The van der Waals surface area contributed by atoms with Crippen LogP contribution in [-0.4, -0.2) is 19.7 Å². The highest BCUT2D eigenvalue weighted by atomic mass is 16.5. The van der Waals surface area contributed by atoms with E-state index in [0.717, 1.165) is 5.75 Å². The molecule has 0 amide bonds. The van der Waals surface area contributed by atoms with Crippen molar-refractivity contribution < 1.29 is 10.1 Å². The lowest BCUT2D eigenvalue weighted by molar-refractivity contribution is -0.684. The molecule has 102 valence electrons. The lowest BCUT2D eigenvalue weighted by Gasteiger charge is -2.30. The summed E-state index contributed by atoms with van der Waals surface area (Å²) in [6.07, 6.45) is 8.01. The Hall–Kier alpha value is -1.28. The van der Waals surface area contributed by atoms with E-state index in [1.165, 1.54) is 50.6 Å². The third-order valence-corrected chi connectivity index (χ3v) is 4.59. The molecule has 2 aliphatic rings. The number of methoxy groups -OCH3 is 1. The Morgan fingerprint density at radius 2 is 1.89 bits per heavy atom. The zero-order chi connectivity index (χ0) is 13.1. The Morgan fingerprint density at radius 1 is 1.11 bits per heavy atom. The first-order chi connectivity index (χ1) is 9.36. The summed E-state index contributed by atoms with van der Waals surface area (Å²) >= 11 is 0. The van der Waals surface area contributed by atoms with E-state index < -0.39 is 0 Å². The number of hydrogen-bond acceptors (Lipinski definition) is 1. The molecule has 0 fully saturated rings. The molecule has 1 aromatic rings. The number of quaternary nitrogens is 1. The van der Waals surface area contributed by atoms with Gasteiger partial charge in [-0.1, -0.05) is 17.7 Å². The highest BCUT2D eigenvalue weighted by Gasteiger charge is 2.27. The van der Waals surface area contributed by atoms with E-state index in [1.807, 2.05) is 0 Å². The van der Waals surface area contributed by atoms with E-state index in [4.69, 9.17) is 4.74 Å². The van der Waals surface area contributed by atoms with Crippen molar-refractivity contribution in [3.63, 3.8) is 0 Å². The standard InChI is InChI=1S/C17H23NO/c1-19-15-8-6-13(7-9-15)12-17-16-5-3-2-4-14(16)10-11-18-17/h6-9,17-18H,2-5,10-12H2,1H3/p+1/t17-/m0/s1. The molecule has 2 heteroatoms. The van der Waals surface area contributed by atoms with Crippen molar-refractivity contribution in [2.45, 2.75) is 44.6 Å². The van der Waals surface area contributed by atoms with Crippen LogP contribution in [0.15, 0.2) is 35.4 Å². The second-order valence-corrected chi connectivity index (χ2v) is 5.77. The summed E-state index contributed by atoms with van der Waals surface area (Å²) in [4.78, 5) is 0. The average molecular weight is 258 g/mol. The molecule has 0 radical (unpaired) electrons. The van der Waals surface area contributed by atoms with Crippen LogP contribution >= 0.6 is 0 Å². The fourth-order valence-electron chi connectivity index (χ4n) is 3.55. The van der Waals surface area contributed by atoms with Gasteiger partial charge in [-0.3, -0.25) is 0 Å². The summed E-state index contributed by atoms with van der Waals surface area (Å²) in [6.45, 7) is 1.28. The molecule has 2 N–H and O–H groups in total. The number of ether oxygens (including phenoxy) is 1. The highest BCUT2D eigenvalue weighted by Crippen LogP contribution is 2.30. The van der Waals surface area contributed by atoms with Gasteiger partial charge >= 0.3 is 0 Å². The Morgan fingerprint density at radius 3 is 2.68 bits per heavy atom. The van der Waals surface area contributed by atoms with Crippen molar-refractivity contribution in [3.8, 4) is 5.75 Å². The van der Waals surface area contributed by atoms with Crippen LogP contribution in [0.4, 0.5) is 0 Å². The number of rotatable bonds is 3. The Bertz CT molecular complexity index is 457. The first-order valence-corrected chi connectivity index (χ1v) is 7.54. The first kappa shape index (κ1) is 12.7. The monoisotopic (exact) mass is 258 g/mol. The molecular formula is C17H24NO+. The number of benzene rings is 1. The summed E-state index contributed by atoms with van der Waals surface area (Å²) in [7, 11) is 1.73. The average Bonchev–Trinajstić information content (AvgIpc) is 2.48. The summed E-state index contributed by atoms with van der Waals surface area (Å²) in [5, 5.41) is 2.55. The van der Waals surface area contributed by atoms with Gasteiger partial charge in [0.15, 0.2) is 0 Å². The lowest BCUT2D eigenvalue weighted by atomic mass is 9.81. The van der Waals surface area contributed by atoms with Crippen LogP contribution in [0.2, 0.25) is 0 Å². The van der Waals surface area contributed by atoms with Crippen molar-refractivity contribution in [1.29, 1.82) is 0 Å². The molecule has 0 bridgehead atoms. The lowest BCUT2D eigenvalue weighted by Crippen LogP contribution is -2.92. The van der Waals surface area contributed by atoms with Crippen LogP contribution in [0.1, 0.15) is 37.7 Å². The van der Waals surface area contributed by atoms with Crippen LogP contribution in [0.25, 0.3) is 0 Å². The molecule has 19 heavy (non-hydrogen) atoms. The molecule has 0 aromatic heterocycles.